The molecule has 4 nitrogen and oxygen atoms in total. The van der Waals surface area contributed by atoms with E-state index in [1.54, 1.807) is 10.9 Å². The molecule has 0 amide bonds. The van der Waals surface area contributed by atoms with Gasteiger partial charge in [0.1, 0.15) is 4.99 Å². The van der Waals surface area contributed by atoms with E-state index in [1.165, 1.54) is 0 Å². The summed E-state index contributed by atoms with van der Waals surface area (Å²) in [5.74, 6) is 0.674. The molecule has 5 heteroatoms. The quantitative estimate of drug-likeness (QED) is 0.770. The van der Waals surface area contributed by atoms with E-state index in [4.69, 9.17) is 18.0 Å². The van der Waals surface area contributed by atoms with Crippen molar-refractivity contribution in [3.63, 3.8) is 0 Å². The Morgan fingerprint density at radius 1 is 1.47 bits per heavy atom. The van der Waals surface area contributed by atoms with Crippen molar-refractivity contribution in [3.05, 3.63) is 41.9 Å². The molecular weight excluding hydrogens is 208 g/mol. The summed E-state index contributed by atoms with van der Waals surface area (Å²) in [6, 6.07) is 5.57. The number of hydrogen-bond donors (Lipinski definition) is 1. The van der Waals surface area contributed by atoms with Crippen molar-refractivity contribution in [1.82, 2.24) is 14.8 Å². The molecule has 0 aromatic carbocycles. The van der Waals surface area contributed by atoms with Crippen molar-refractivity contribution < 1.29 is 0 Å². The zero-order valence-corrected chi connectivity index (χ0v) is 9.03. The lowest BCUT2D eigenvalue weighted by atomic mass is 10.2. The van der Waals surface area contributed by atoms with Gasteiger partial charge >= 0.3 is 0 Å². The number of hydrogen-bond acceptors (Lipinski definition) is 3. The first kappa shape index (κ1) is 9.79. The lowest BCUT2D eigenvalue weighted by molar-refractivity contribution is 0.838. The van der Waals surface area contributed by atoms with Crippen LogP contribution in [0.1, 0.15) is 11.3 Å². The van der Waals surface area contributed by atoms with E-state index in [-0.39, 0.29) is 0 Å². The third-order valence-corrected chi connectivity index (χ3v) is 2.22. The second-order valence-corrected chi connectivity index (χ2v) is 3.58. The normalized spacial score (nSPS) is 10.2. The van der Waals surface area contributed by atoms with Crippen LogP contribution in [0.3, 0.4) is 0 Å². The minimum atomic E-state index is 0.327. The summed E-state index contributed by atoms with van der Waals surface area (Å²) in [6.07, 6.45) is 3.50. The van der Waals surface area contributed by atoms with Crippen molar-refractivity contribution >= 4 is 17.2 Å². The third kappa shape index (κ3) is 1.87. The van der Waals surface area contributed by atoms with Gasteiger partial charge < -0.3 is 5.73 Å². The van der Waals surface area contributed by atoms with Gasteiger partial charge in [0.15, 0.2) is 5.82 Å². The molecule has 0 unspecified atom stereocenters. The minimum Gasteiger partial charge on any atom is -0.389 e. The van der Waals surface area contributed by atoms with E-state index >= 15 is 0 Å². The fourth-order valence-corrected chi connectivity index (χ4v) is 1.46. The van der Waals surface area contributed by atoms with Crippen molar-refractivity contribution in [2.75, 3.05) is 0 Å². The Bertz CT molecular complexity index is 490. The molecule has 2 aromatic heterocycles. The summed E-state index contributed by atoms with van der Waals surface area (Å²) < 4.78 is 1.65. The van der Waals surface area contributed by atoms with Crippen LogP contribution < -0.4 is 5.73 Å². The van der Waals surface area contributed by atoms with E-state index in [0.717, 1.165) is 11.3 Å². The van der Waals surface area contributed by atoms with Crippen LogP contribution in [-0.4, -0.2) is 19.8 Å². The van der Waals surface area contributed by atoms with Gasteiger partial charge in [-0.3, -0.25) is 0 Å². The smallest absolute Gasteiger partial charge is 0.163 e. The van der Waals surface area contributed by atoms with Gasteiger partial charge in [-0.2, -0.15) is 5.10 Å². The molecule has 0 spiro atoms. The molecule has 0 aliphatic rings. The van der Waals surface area contributed by atoms with Crippen LogP contribution in [-0.2, 0) is 0 Å². The molecule has 0 radical (unpaired) electrons. The Balaban J connectivity index is 2.63. The van der Waals surface area contributed by atoms with Crippen LogP contribution in [0.4, 0.5) is 0 Å². The second kappa shape index (κ2) is 3.78. The highest BCUT2D eigenvalue weighted by atomic mass is 32.1. The number of nitrogens with zero attached hydrogens (tertiary/aromatic N) is 3. The van der Waals surface area contributed by atoms with Crippen molar-refractivity contribution in [1.29, 1.82) is 0 Å². The van der Waals surface area contributed by atoms with E-state index in [9.17, 15) is 0 Å². The molecule has 0 aliphatic carbocycles. The Labute approximate surface area is 92.7 Å². The maximum absolute atomic E-state index is 5.62. The average Bonchev–Trinajstić information content (AvgIpc) is 2.69. The van der Waals surface area contributed by atoms with Crippen LogP contribution in [0.2, 0.25) is 0 Å². The number of aryl methyl sites for hydroxylation is 1. The highest BCUT2D eigenvalue weighted by Gasteiger charge is 2.08. The van der Waals surface area contributed by atoms with E-state index in [0.29, 0.717) is 10.8 Å². The molecule has 76 valence electrons. The number of thiocarbonyl (C=S) groups is 1. The van der Waals surface area contributed by atoms with Crippen LogP contribution in [0.15, 0.2) is 30.6 Å². The van der Waals surface area contributed by atoms with Crippen molar-refractivity contribution in [2.45, 2.75) is 6.92 Å². The zero-order chi connectivity index (χ0) is 10.8. The summed E-state index contributed by atoms with van der Waals surface area (Å²) in [5, 5.41) is 4.11. The summed E-state index contributed by atoms with van der Waals surface area (Å²) in [5.41, 5.74) is 7.26. The number of pyridine rings is 1. The van der Waals surface area contributed by atoms with Gasteiger partial charge in [-0.05, 0) is 25.1 Å². The molecule has 0 bridgehead atoms. The maximum atomic E-state index is 5.62. The number of nitrogens with two attached hydrogens (primary N) is 1. The SMILES string of the molecule is Cc1ccc(C(N)=S)c(-n2cccn2)n1. The summed E-state index contributed by atoms with van der Waals surface area (Å²) in [6.45, 7) is 1.91. The van der Waals surface area contributed by atoms with Crippen molar-refractivity contribution in [3.8, 4) is 5.82 Å². The van der Waals surface area contributed by atoms with Gasteiger partial charge in [0, 0.05) is 18.1 Å². The fourth-order valence-electron chi connectivity index (χ4n) is 1.30. The van der Waals surface area contributed by atoms with Gasteiger partial charge in [-0.1, -0.05) is 12.2 Å². The molecule has 0 aliphatic heterocycles. The van der Waals surface area contributed by atoms with Crippen LogP contribution in [0.25, 0.3) is 5.82 Å². The average molecular weight is 218 g/mol. The highest BCUT2D eigenvalue weighted by molar-refractivity contribution is 7.80. The lowest BCUT2D eigenvalue weighted by Crippen LogP contribution is -2.15. The molecule has 0 saturated heterocycles. The molecule has 2 rings (SSSR count). The summed E-state index contributed by atoms with van der Waals surface area (Å²) >= 11 is 4.96. The number of rotatable bonds is 2. The maximum Gasteiger partial charge on any atom is 0.163 e. The van der Waals surface area contributed by atoms with Gasteiger partial charge in [0.05, 0.1) is 5.56 Å². The zero-order valence-electron chi connectivity index (χ0n) is 8.21. The van der Waals surface area contributed by atoms with Crippen molar-refractivity contribution in [2.24, 2.45) is 5.73 Å². The van der Waals surface area contributed by atoms with E-state index in [1.807, 2.05) is 31.3 Å². The largest absolute Gasteiger partial charge is 0.389 e. The minimum absolute atomic E-state index is 0.327. The van der Waals surface area contributed by atoms with Gasteiger partial charge in [-0.25, -0.2) is 9.67 Å². The third-order valence-electron chi connectivity index (χ3n) is 2.00. The predicted molar refractivity (Wildman–Crippen MR) is 62.0 cm³/mol. The standard InChI is InChI=1S/C10H10N4S/c1-7-3-4-8(9(11)15)10(13-7)14-6-2-5-12-14/h2-6H,1H3,(H2,11,15). The lowest BCUT2D eigenvalue weighted by Gasteiger charge is -2.07. The Morgan fingerprint density at radius 2 is 2.27 bits per heavy atom. The number of aromatic nitrogens is 3. The van der Waals surface area contributed by atoms with Gasteiger partial charge in [0.25, 0.3) is 0 Å². The molecule has 0 atom stereocenters. The first-order valence-electron chi connectivity index (χ1n) is 4.46. The monoisotopic (exact) mass is 218 g/mol. The topological polar surface area (TPSA) is 56.7 Å². The molecule has 2 heterocycles. The predicted octanol–water partition coefficient (Wildman–Crippen LogP) is 1.21. The Kier molecular flexibility index (Phi) is 2.47. The second-order valence-electron chi connectivity index (χ2n) is 3.14. The molecule has 2 N–H and O–H groups in total. The first-order valence-corrected chi connectivity index (χ1v) is 4.87. The molecule has 15 heavy (non-hydrogen) atoms. The summed E-state index contributed by atoms with van der Waals surface area (Å²) in [4.78, 5) is 4.70. The first-order chi connectivity index (χ1) is 7.18. The van der Waals surface area contributed by atoms with Crippen LogP contribution in [0, 0.1) is 6.92 Å². The van der Waals surface area contributed by atoms with E-state index in [2.05, 4.69) is 10.1 Å². The van der Waals surface area contributed by atoms with Gasteiger partial charge in [-0.15, -0.1) is 0 Å². The van der Waals surface area contributed by atoms with Crippen LogP contribution in [0.5, 0.6) is 0 Å². The molecule has 2 aromatic rings. The summed E-state index contributed by atoms with van der Waals surface area (Å²) in [7, 11) is 0. The van der Waals surface area contributed by atoms with E-state index < -0.39 is 0 Å². The Hall–Kier alpha value is -1.75. The fraction of sp³-hybridized carbons (Fsp3) is 0.100. The van der Waals surface area contributed by atoms with Crippen LogP contribution >= 0.6 is 12.2 Å². The molecule has 0 fully saturated rings. The highest BCUT2D eigenvalue weighted by Crippen LogP contribution is 2.11. The molecule has 0 saturated carbocycles. The molecular formula is C10H10N4S. The Morgan fingerprint density at radius 3 is 2.87 bits per heavy atom. The van der Waals surface area contributed by atoms with Gasteiger partial charge in [0.2, 0.25) is 0 Å².